The molecule has 1 N–H and O–H groups in total. The van der Waals surface area contributed by atoms with Gasteiger partial charge in [0.2, 0.25) is 0 Å². The zero-order valence-corrected chi connectivity index (χ0v) is 11.8. The van der Waals surface area contributed by atoms with E-state index in [1.807, 2.05) is 14.1 Å². The molecule has 98 valence electrons. The number of quaternary nitrogens is 1. The minimum Gasteiger partial charge on any atom is -0.458 e. The Balaban J connectivity index is 2.03. The quantitative estimate of drug-likeness (QED) is 0.743. The Bertz CT molecular complexity index is 324. The summed E-state index contributed by atoms with van der Waals surface area (Å²) < 4.78 is 5.73. The van der Waals surface area contributed by atoms with E-state index in [0.29, 0.717) is 12.0 Å². The summed E-state index contributed by atoms with van der Waals surface area (Å²) in [6, 6.07) is 0. The Morgan fingerprint density at radius 2 is 2.00 bits per heavy atom. The van der Waals surface area contributed by atoms with Crippen molar-refractivity contribution >= 4 is 5.97 Å². The summed E-state index contributed by atoms with van der Waals surface area (Å²) >= 11 is 0. The SMILES string of the molecule is C[NH+](C)CC(=O)O[C@@H]1C[C@H]2CC[C@]1(C)C2(C)C. The maximum atomic E-state index is 11.8. The third kappa shape index (κ3) is 1.88. The van der Waals surface area contributed by atoms with Crippen molar-refractivity contribution in [3.63, 3.8) is 0 Å². The van der Waals surface area contributed by atoms with Gasteiger partial charge in [-0.05, 0) is 30.6 Å². The van der Waals surface area contributed by atoms with Crippen molar-refractivity contribution in [3.8, 4) is 0 Å². The number of nitrogens with one attached hydrogen (secondary N) is 1. The van der Waals surface area contributed by atoms with Gasteiger partial charge in [-0.3, -0.25) is 0 Å². The molecule has 2 bridgehead atoms. The van der Waals surface area contributed by atoms with E-state index >= 15 is 0 Å². The Labute approximate surface area is 105 Å². The average molecular weight is 240 g/mol. The van der Waals surface area contributed by atoms with Crippen LogP contribution < -0.4 is 4.90 Å². The fraction of sp³-hybridized carbons (Fsp3) is 0.929. The molecule has 17 heavy (non-hydrogen) atoms. The second-order valence-corrected chi connectivity index (χ2v) is 6.97. The van der Waals surface area contributed by atoms with E-state index < -0.39 is 0 Å². The largest absolute Gasteiger partial charge is 0.458 e. The molecule has 2 aliphatic carbocycles. The topological polar surface area (TPSA) is 30.7 Å². The van der Waals surface area contributed by atoms with Crippen LogP contribution in [0.2, 0.25) is 0 Å². The number of carbonyl (C=O) groups is 1. The van der Waals surface area contributed by atoms with Gasteiger partial charge >= 0.3 is 5.97 Å². The highest BCUT2D eigenvalue weighted by molar-refractivity contribution is 5.70. The van der Waals surface area contributed by atoms with E-state index in [1.165, 1.54) is 12.8 Å². The molecule has 2 fully saturated rings. The predicted octanol–water partition coefficient (Wildman–Crippen LogP) is 0.889. The molecule has 0 aromatic heterocycles. The lowest BCUT2D eigenvalue weighted by Gasteiger charge is -2.38. The molecule has 0 saturated heterocycles. The van der Waals surface area contributed by atoms with E-state index in [9.17, 15) is 4.79 Å². The van der Waals surface area contributed by atoms with Crippen LogP contribution in [0.25, 0.3) is 0 Å². The molecule has 0 spiro atoms. The maximum absolute atomic E-state index is 11.8. The number of fused-ring (bicyclic) bond motifs is 2. The molecule has 0 amide bonds. The van der Waals surface area contributed by atoms with E-state index in [4.69, 9.17) is 4.74 Å². The maximum Gasteiger partial charge on any atom is 0.361 e. The fourth-order valence-electron chi connectivity index (χ4n) is 3.80. The van der Waals surface area contributed by atoms with Crippen molar-refractivity contribution in [2.45, 2.75) is 46.1 Å². The van der Waals surface area contributed by atoms with Crippen molar-refractivity contribution in [1.82, 2.24) is 0 Å². The molecule has 0 unspecified atom stereocenters. The second-order valence-electron chi connectivity index (χ2n) is 6.97. The fourth-order valence-corrected chi connectivity index (χ4v) is 3.80. The second kappa shape index (κ2) is 3.98. The van der Waals surface area contributed by atoms with Crippen LogP contribution in [-0.2, 0) is 9.53 Å². The summed E-state index contributed by atoms with van der Waals surface area (Å²) in [7, 11) is 3.96. The summed E-state index contributed by atoms with van der Waals surface area (Å²) in [5, 5.41) is 0. The van der Waals surface area contributed by atoms with Gasteiger partial charge in [0, 0.05) is 5.41 Å². The summed E-state index contributed by atoms with van der Waals surface area (Å²) in [5.74, 6) is 0.691. The van der Waals surface area contributed by atoms with Gasteiger partial charge in [-0.15, -0.1) is 0 Å². The van der Waals surface area contributed by atoms with Gasteiger partial charge in [0.1, 0.15) is 6.10 Å². The Morgan fingerprint density at radius 1 is 1.35 bits per heavy atom. The molecule has 3 nitrogen and oxygen atoms in total. The first-order valence-electron chi connectivity index (χ1n) is 6.76. The summed E-state index contributed by atoms with van der Waals surface area (Å²) in [4.78, 5) is 12.9. The number of esters is 1. The molecule has 0 aliphatic heterocycles. The van der Waals surface area contributed by atoms with Crippen molar-refractivity contribution in [2.24, 2.45) is 16.7 Å². The molecule has 0 radical (unpaired) electrons. The molecule has 0 aromatic rings. The summed E-state index contributed by atoms with van der Waals surface area (Å²) in [6.07, 6.45) is 3.72. The average Bonchev–Trinajstić information content (AvgIpc) is 2.49. The molecule has 2 aliphatic rings. The van der Waals surface area contributed by atoms with Crippen molar-refractivity contribution < 1.29 is 14.4 Å². The number of likely N-dealkylation sites (N-methyl/N-ethyl adjacent to an activating group) is 1. The van der Waals surface area contributed by atoms with Crippen molar-refractivity contribution in [2.75, 3.05) is 20.6 Å². The Hall–Kier alpha value is -0.570. The smallest absolute Gasteiger partial charge is 0.361 e. The van der Waals surface area contributed by atoms with Gasteiger partial charge in [-0.25, -0.2) is 4.79 Å². The predicted molar refractivity (Wildman–Crippen MR) is 66.8 cm³/mol. The molecule has 0 aromatic carbocycles. The van der Waals surface area contributed by atoms with Gasteiger partial charge < -0.3 is 9.64 Å². The minimum atomic E-state index is -0.0421. The lowest BCUT2D eigenvalue weighted by atomic mass is 9.70. The number of ether oxygens (including phenoxy) is 1. The molecule has 2 saturated carbocycles. The van der Waals surface area contributed by atoms with Crippen molar-refractivity contribution in [3.05, 3.63) is 0 Å². The highest BCUT2D eigenvalue weighted by Gasteiger charge is 2.62. The molecule has 3 atom stereocenters. The van der Waals surface area contributed by atoms with E-state index in [0.717, 1.165) is 17.2 Å². The Morgan fingerprint density at radius 3 is 2.41 bits per heavy atom. The number of rotatable bonds is 3. The Kier molecular flexibility index (Phi) is 3.01. The molecule has 2 rings (SSSR count). The van der Waals surface area contributed by atoms with Crippen LogP contribution in [0.5, 0.6) is 0 Å². The lowest BCUT2D eigenvalue weighted by Crippen LogP contribution is -3.06. The van der Waals surface area contributed by atoms with Crippen LogP contribution in [0.3, 0.4) is 0 Å². The third-order valence-electron chi connectivity index (χ3n) is 5.49. The zero-order chi connectivity index (χ0) is 12.8. The summed E-state index contributed by atoms with van der Waals surface area (Å²) in [5.41, 5.74) is 0.512. The minimum absolute atomic E-state index is 0.0421. The lowest BCUT2D eigenvalue weighted by molar-refractivity contribution is -0.850. The molecular weight excluding hydrogens is 214 g/mol. The number of carbonyl (C=O) groups excluding carboxylic acids is 1. The normalized spacial score (nSPS) is 38.7. The van der Waals surface area contributed by atoms with Gasteiger partial charge in [0.25, 0.3) is 0 Å². The molecule has 3 heteroatoms. The van der Waals surface area contributed by atoms with E-state index in [-0.39, 0.29) is 17.5 Å². The zero-order valence-electron chi connectivity index (χ0n) is 11.8. The van der Waals surface area contributed by atoms with Crippen LogP contribution >= 0.6 is 0 Å². The molecular formula is C14H26NO2+. The van der Waals surface area contributed by atoms with Crippen LogP contribution in [-0.4, -0.2) is 32.7 Å². The first-order valence-corrected chi connectivity index (χ1v) is 6.76. The van der Waals surface area contributed by atoms with E-state index in [2.05, 4.69) is 20.8 Å². The van der Waals surface area contributed by atoms with Crippen molar-refractivity contribution in [1.29, 1.82) is 0 Å². The molecule has 0 heterocycles. The monoisotopic (exact) mass is 240 g/mol. The van der Waals surface area contributed by atoms with Crippen LogP contribution in [0.4, 0.5) is 0 Å². The third-order valence-corrected chi connectivity index (χ3v) is 5.49. The highest BCUT2D eigenvalue weighted by Crippen LogP contribution is 2.66. The number of hydrogen-bond acceptors (Lipinski definition) is 2. The van der Waals surface area contributed by atoms with Gasteiger partial charge in [0.05, 0.1) is 14.1 Å². The standard InChI is InChI=1S/C14H25NO2/c1-13(2)10-6-7-14(13,3)11(8-10)17-12(16)9-15(4)5/h10-11H,6-9H2,1-5H3/p+1/t10-,11-,14+/m1/s1. The van der Waals surface area contributed by atoms with Gasteiger partial charge in [-0.1, -0.05) is 20.8 Å². The van der Waals surface area contributed by atoms with Gasteiger partial charge in [0.15, 0.2) is 6.54 Å². The first kappa shape index (κ1) is 12.9. The van der Waals surface area contributed by atoms with Crippen LogP contribution in [0.1, 0.15) is 40.0 Å². The highest BCUT2D eigenvalue weighted by atomic mass is 16.5. The summed E-state index contributed by atoms with van der Waals surface area (Å²) in [6.45, 7) is 7.46. The number of hydrogen-bond donors (Lipinski definition) is 1. The first-order chi connectivity index (χ1) is 7.77. The van der Waals surface area contributed by atoms with Crippen LogP contribution in [0.15, 0.2) is 0 Å². The van der Waals surface area contributed by atoms with E-state index in [1.54, 1.807) is 0 Å². The van der Waals surface area contributed by atoms with Crippen LogP contribution in [0, 0.1) is 16.7 Å². The van der Waals surface area contributed by atoms with Gasteiger partial charge in [-0.2, -0.15) is 0 Å².